The zero-order chi connectivity index (χ0) is 23.4. The number of esters is 3. The van der Waals surface area contributed by atoms with Gasteiger partial charge in [-0.3, -0.25) is 19.2 Å². The van der Waals surface area contributed by atoms with E-state index in [-0.39, 0.29) is 47.0 Å². The predicted molar refractivity (Wildman–Crippen MR) is 114 cm³/mol. The molecule has 0 aromatic carbocycles. The van der Waals surface area contributed by atoms with Gasteiger partial charge >= 0.3 is 17.9 Å². The van der Waals surface area contributed by atoms with E-state index in [1.165, 1.54) is 26.3 Å². The van der Waals surface area contributed by atoms with Gasteiger partial charge in [0.2, 0.25) is 0 Å². The lowest BCUT2D eigenvalue weighted by atomic mass is 9.47. The number of rotatable bonds is 3. The summed E-state index contributed by atoms with van der Waals surface area (Å²) in [5.41, 5.74) is 0.505. The first-order valence-corrected chi connectivity index (χ1v) is 11.7. The zero-order valence-electron chi connectivity index (χ0n) is 19.6. The van der Waals surface area contributed by atoms with Gasteiger partial charge in [-0.25, -0.2) is 0 Å². The topological polar surface area (TPSA) is 96.0 Å². The molecule has 7 nitrogen and oxygen atoms in total. The molecule has 4 aliphatic rings. The molecule has 32 heavy (non-hydrogen) atoms. The monoisotopic (exact) mass is 446 g/mol. The highest BCUT2D eigenvalue weighted by atomic mass is 16.6. The number of hydrogen-bond donors (Lipinski definition) is 0. The van der Waals surface area contributed by atoms with E-state index in [2.05, 4.69) is 13.0 Å². The van der Waals surface area contributed by atoms with Crippen LogP contribution in [0.1, 0.15) is 73.1 Å². The summed E-state index contributed by atoms with van der Waals surface area (Å²) in [6.07, 6.45) is 5.13. The molecule has 7 heteroatoms. The van der Waals surface area contributed by atoms with Gasteiger partial charge in [-0.1, -0.05) is 19.4 Å². The van der Waals surface area contributed by atoms with Crippen molar-refractivity contribution in [2.24, 2.45) is 28.6 Å². The third-order valence-corrected chi connectivity index (χ3v) is 8.72. The van der Waals surface area contributed by atoms with E-state index in [1.54, 1.807) is 0 Å². The second-order valence-electron chi connectivity index (χ2n) is 10.6. The quantitative estimate of drug-likeness (QED) is 0.372. The van der Waals surface area contributed by atoms with E-state index in [4.69, 9.17) is 14.2 Å². The van der Waals surface area contributed by atoms with Crippen molar-refractivity contribution >= 4 is 23.7 Å². The lowest BCUT2D eigenvalue weighted by Crippen LogP contribution is -2.55. The van der Waals surface area contributed by atoms with E-state index in [0.717, 1.165) is 25.7 Å². The second-order valence-corrected chi connectivity index (χ2v) is 10.6. The third-order valence-electron chi connectivity index (χ3n) is 8.72. The van der Waals surface area contributed by atoms with Crippen LogP contribution in [0.15, 0.2) is 11.6 Å². The second kappa shape index (κ2) is 7.99. The highest BCUT2D eigenvalue weighted by Crippen LogP contribution is 2.64. The molecule has 3 fully saturated rings. The summed E-state index contributed by atoms with van der Waals surface area (Å²) in [5.74, 6) is -0.874. The first-order chi connectivity index (χ1) is 15.0. The predicted octanol–water partition coefficient (Wildman–Crippen LogP) is 3.53. The maximum absolute atomic E-state index is 13.3. The fourth-order valence-electron chi connectivity index (χ4n) is 7.30. The Balaban J connectivity index is 1.71. The van der Waals surface area contributed by atoms with E-state index >= 15 is 0 Å². The normalized spacial score (nSPS) is 42.7. The Morgan fingerprint density at radius 2 is 1.50 bits per heavy atom. The number of ketones is 1. The molecule has 0 aromatic heterocycles. The summed E-state index contributed by atoms with van der Waals surface area (Å²) < 4.78 is 16.7. The van der Waals surface area contributed by atoms with E-state index < -0.39 is 23.6 Å². The van der Waals surface area contributed by atoms with Crippen molar-refractivity contribution in [1.29, 1.82) is 0 Å². The maximum Gasteiger partial charge on any atom is 0.303 e. The minimum atomic E-state index is -0.725. The molecule has 0 aliphatic heterocycles. The molecule has 0 bridgehead atoms. The molecule has 176 valence electrons. The number of carbonyl (C=O) groups excluding carboxylic acids is 4. The molecule has 8 atom stereocenters. The molecule has 4 rings (SSSR count). The Bertz CT molecular complexity index is 876. The van der Waals surface area contributed by atoms with Crippen molar-refractivity contribution in [2.45, 2.75) is 91.5 Å². The van der Waals surface area contributed by atoms with Crippen molar-refractivity contribution < 1.29 is 33.4 Å². The van der Waals surface area contributed by atoms with Crippen molar-refractivity contribution in [1.82, 2.24) is 0 Å². The first-order valence-electron chi connectivity index (χ1n) is 11.7. The number of hydrogen-bond acceptors (Lipinski definition) is 7. The van der Waals surface area contributed by atoms with Crippen molar-refractivity contribution in [2.75, 3.05) is 0 Å². The van der Waals surface area contributed by atoms with Crippen LogP contribution in [-0.2, 0) is 33.4 Å². The van der Waals surface area contributed by atoms with Gasteiger partial charge in [0.1, 0.15) is 12.2 Å². The molecule has 0 heterocycles. The Hall–Kier alpha value is -2.18. The summed E-state index contributed by atoms with van der Waals surface area (Å²) in [6.45, 7) is 8.43. The molecular formula is C25H34O7. The molecule has 3 saturated carbocycles. The van der Waals surface area contributed by atoms with Crippen LogP contribution in [-0.4, -0.2) is 42.0 Å². The van der Waals surface area contributed by atoms with Crippen molar-refractivity contribution in [3.8, 4) is 0 Å². The summed E-state index contributed by atoms with van der Waals surface area (Å²) in [4.78, 5) is 48.4. The lowest BCUT2D eigenvalue weighted by Gasteiger charge is -2.58. The average molecular weight is 447 g/mol. The summed E-state index contributed by atoms with van der Waals surface area (Å²) >= 11 is 0. The molecule has 0 unspecified atom stereocenters. The lowest BCUT2D eigenvalue weighted by molar-refractivity contribution is -0.159. The molecule has 0 spiro atoms. The van der Waals surface area contributed by atoms with Crippen molar-refractivity contribution in [3.05, 3.63) is 11.6 Å². The molecule has 0 radical (unpaired) electrons. The van der Waals surface area contributed by atoms with E-state index in [0.29, 0.717) is 12.8 Å². The summed E-state index contributed by atoms with van der Waals surface area (Å²) in [7, 11) is 0. The number of fused-ring (bicyclic) bond motifs is 5. The molecule has 0 N–H and O–H groups in total. The van der Waals surface area contributed by atoms with Gasteiger partial charge < -0.3 is 14.2 Å². The molecule has 0 aromatic rings. The third kappa shape index (κ3) is 3.67. The average Bonchev–Trinajstić information content (AvgIpc) is 2.92. The fourth-order valence-corrected chi connectivity index (χ4v) is 7.30. The van der Waals surface area contributed by atoms with Gasteiger partial charge in [0, 0.05) is 38.5 Å². The van der Waals surface area contributed by atoms with E-state index in [9.17, 15) is 19.2 Å². The first kappa shape index (κ1) is 23.0. The van der Waals surface area contributed by atoms with Crippen LogP contribution in [0.2, 0.25) is 0 Å². The Morgan fingerprint density at radius 1 is 0.875 bits per heavy atom. The van der Waals surface area contributed by atoms with Crippen LogP contribution < -0.4 is 0 Å². The van der Waals surface area contributed by atoms with Crippen LogP contribution in [0.4, 0.5) is 0 Å². The highest BCUT2D eigenvalue weighted by molar-refractivity contribution is 5.93. The maximum atomic E-state index is 13.3. The van der Waals surface area contributed by atoms with E-state index in [1.807, 2.05) is 6.92 Å². The highest BCUT2D eigenvalue weighted by Gasteiger charge is 2.64. The fraction of sp³-hybridized carbons (Fsp3) is 0.760. The van der Waals surface area contributed by atoms with Crippen LogP contribution in [0, 0.1) is 28.6 Å². The molecular weight excluding hydrogens is 412 g/mol. The van der Waals surface area contributed by atoms with Gasteiger partial charge in [-0.2, -0.15) is 0 Å². The molecule has 0 saturated heterocycles. The van der Waals surface area contributed by atoms with Gasteiger partial charge in [0.25, 0.3) is 0 Å². The van der Waals surface area contributed by atoms with Gasteiger partial charge in [0.05, 0.1) is 0 Å². The molecule has 0 amide bonds. The number of carbonyl (C=O) groups is 4. The minimum Gasteiger partial charge on any atom is -0.462 e. The van der Waals surface area contributed by atoms with Crippen LogP contribution in [0.3, 0.4) is 0 Å². The Labute approximate surface area is 189 Å². The summed E-state index contributed by atoms with van der Waals surface area (Å²) in [6, 6.07) is 0. The van der Waals surface area contributed by atoms with Crippen LogP contribution >= 0.6 is 0 Å². The standard InChI is InChI=1S/C25H34O7/c1-13(26)30-17-6-8-24(4)16(10-17)11-20(31-14(2)27)22-18(24)7-9-25(5)19(22)12-21(23(25)29)32-15(3)28/h11,17-22H,6-10,12H2,1-5H3/t17-,18-,19-,20+,21+,22+,24-,25-/m0/s1. The summed E-state index contributed by atoms with van der Waals surface area (Å²) in [5, 5.41) is 0. The number of ether oxygens (including phenoxy) is 3. The zero-order valence-corrected chi connectivity index (χ0v) is 19.6. The Kier molecular flexibility index (Phi) is 5.74. The van der Waals surface area contributed by atoms with Gasteiger partial charge in [-0.15, -0.1) is 0 Å². The molecule has 4 aliphatic carbocycles. The van der Waals surface area contributed by atoms with Gasteiger partial charge in [0.15, 0.2) is 11.9 Å². The van der Waals surface area contributed by atoms with Gasteiger partial charge in [-0.05, 0) is 55.4 Å². The Morgan fingerprint density at radius 3 is 2.12 bits per heavy atom. The number of Topliss-reactive ketones (excluding diaryl/α,β-unsaturated/α-hetero) is 1. The smallest absolute Gasteiger partial charge is 0.303 e. The largest absolute Gasteiger partial charge is 0.462 e. The minimum absolute atomic E-state index is 0.00350. The van der Waals surface area contributed by atoms with Crippen LogP contribution in [0.5, 0.6) is 0 Å². The van der Waals surface area contributed by atoms with Crippen LogP contribution in [0.25, 0.3) is 0 Å². The SMILES string of the molecule is CC(=O)O[C@H]1CC[C@@]2(C)C(=C[C@@H](OC(C)=O)[C@@H]3[C@@H]2CC[C@]2(C)C(=O)[C@H](OC(C)=O)C[C@@H]32)C1. The van der Waals surface area contributed by atoms with Crippen molar-refractivity contribution in [3.63, 3.8) is 0 Å².